The summed E-state index contributed by atoms with van der Waals surface area (Å²) in [4.78, 5) is 11.5. The molecule has 5 heteroatoms. The van der Waals surface area contributed by atoms with Gasteiger partial charge in [-0.25, -0.2) is 4.39 Å². The van der Waals surface area contributed by atoms with Crippen molar-refractivity contribution in [3.63, 3.8) is 0 Å². The van der Waals surface area contributed by atoms with Gasteiger partial charge in [0.05, 0.1) is 11.7 Å². The van der Waals surface area contributed by atoms with Gasteiger partial charge in [0.25, 0.3) is 0 Å². The second-order valence-corrected chi connectivity index (χ2v) is 5.04. The van der Waals surface area contributed by atoms with Crippen molar-refractivity contribution < 1.29 is 14.3 Å². The molecule has 0 aliphatic carbocycles. The lowest BCUT2D eigenvalue weighted by molar-refractivity contribution is 0.101. The highest BCUT2D eigenvalue weighted by Gasteiger charge is 2.15. The number of Topliss-reactive ketones (excluding diaryl/α,β-unsaturated/α-hetero) is 1. The molecule has 0 aromatic heterocycles. The van der Waals surface area contributed by atoms with Gasteiger partial charge < -0.3 is 10.4 Å². The molecule has 0 radical (unpaired) electrons. The molecule has 2 N–H and O–H groups in total. The Bertz CT molecular complexity index is 660. The summed E-state index contributed by atoms with van der Waals surface area (Å²) >= 11 is 6.01. The number of hydrogen-bond donors (Lipinski definition) is 2. The summed E-state index contributed by atoms with van der Waals surface area (Å²) < 4.78 is 13.7. The van der Waals surface area contributed by atoms with E-state index in [0.717, 1.165) is 0 Å². The molecule has 2 aromatic carbocycles. The van der Waals surface area contributed by atoms with Crippen LogP contribution in [0.4, 0.5) is 10.1 Å². The van der Waals surface area contributed by atoms with Crippen molar-refractivity contribution in [1.29, 1.82) is 0 Å². The van der Waals surface area contributed by atoms with Crippen LogP contribution in [-0.2, 0) is 0 Å². The van der Waals surface area contributed by atoms with Crippen molar-refractivity contribution >= 4 is 23.1 Å². The Labute approximate surface area is 127 Å². The normalized spacial score (nSPS) is 12.0. The van der Waals surface area contributed by atoms with Crippen LogP contribution in [0.2, 0.25) is 5.02 Å². The van der Waals surface area contributed by atoms with Crippen LogP contribution in [0.15, 0.2) is 42.5 Å². The molecule has 0 fully saturated rings. The van der Waals surface area contributed by atoms with Crippen LogP contribution in [0.5, 0.6) is 0 Å². The lowest BCUT2D eigenvalue weighted by atomic mass is 10.1. The number of carbonyl (C=O) groups is 1. The zero-order valence-electron chi connectivity index (χ0n) is 11.4. The summed E-state index contributed by atoms with van der Waals surface area (Å²) in [5, 5.41) is 13.5. The Kier molecular flexibility index (Phi) is 4.94. The zero-order chi connectivity index (χ0) is 15.4. The van der Waals surface area contributed by atoms with E-state index in [9.17, 15) is 14.3 Å². The van der Waals surface area contributed by atoms with Gasteiger partial charge in [-0.1, -0.05) is 35.9 Å². The van der Waals surface area contributed by atoms with Gasteiger partial charge >= 0.3 is 0 Å². The molecule has 2 aromatic rings. The molecule has 0 spiro atoms. The van der Waals surface area contributed by atoms with Crippen molar-refractivity contribution in [2.75, 3.05) is 11.9 Å². The number of aliphatic hydroxyl groups is 1. The van der Waals surface area contributed by atoms with Gasteiger partial charge in [-0.05, 0) is 25.1 Å². The molecule has 1 atom stereocenters. The third-order valence-corrected chi connectivity index (χ3v) is 3.46. The first kappa shape index (κ1) is 15.5. The second-order valence-electron chi connectivity index (χ2n) is 4.64. The molecule has 21 heavy (non-hydrogen) atoms. The second kappa shape index (κ2) is 6.70. The molecule has 1 unspecified atom stereocenters. The number of halogens is 2. The van der Waals surface area contributed by atoms with Crippen molar-refractivity contribution in [1.82, 2.24) is 0 Å². The minimum atomic E-state index is -0.859. The number of benzene rings is 2. The van der Waals surface area contributed by atoms with Gasteiger partial charge in [-0.15, -0.1) is 0 Å². The Balaban J connectivity index is 2.16. The highest BCUT2D eigenvalue weighted by atomic mass is 35.5. The maximum Gasteiger partial charge on any atom is 0.164 e. The predicted molar refractivity (Wildman–Crippen MR) is 81.3 cm³/mol. The Hall–Kier alpha value is -1.91. The lowest BCUT2D eigenvalue weighted by Gasteiger charge is -2.16. The third kappa shape index (κ3) is 3.60. The Morgan fingerprint density at radius 3 is 2.67 bits per heavy atom. The molecule has 0 saturated heterocycles. The smallest absolute Gasteiger partial charge is 0.164 e. The first-order valence-corrected chi connectivity index (χ1v) is 6.84. The fourth-order valence-corrected chi connectivity index (χ4v) is 2.35. The number of aliphatic hydroxyl groups excluding tert-OH is 1. The summed E-state index contributed by atoms with van der Waals surface area (Å²) in [7, 11) is 0. The fraction of sp³-hybridized carbons (Fsp3) is 0.188. The molecule has 0 bridgehead atoms. The van der Waals surface area contributed by atoms with Gasteiger partial charge in [0.15, 0.2) is 5.78 Å². The van der Waals surface area contributed by atoms with Gasteiger partial charge in [0.2, 0.25) is 0 Å². The average molecular weight is 308 g/mol. The van der Waals surface area contributed by atoms with Gasteiger partial charge in [-0.2, -0.15) is 0 Å². The predicted octanol–water partition coefficient (Wildman–Crippen LogP) is 3.83. The van der Waals surface area contributed by atoms with E-state index in [2.05, 4.69) is 5.32 Å². The van der Waals surface area contributed by atoms with E-state index < -0.39 is 11.9 Å². The number of carbonyl (C=O) groups excluding carboxylic acids is 1. The van der Waals surface area contributed by atoms with E-state index >= 15 is 0 Å². The molecule has 0 aliphatic rings. The highest BCUT2D eigenvalue weighted by molar-refractivity contribution is 6.31. The minimum absolute atomic E-state index is 0.0103. The summed E-state index contributed by atoms with van der Waals surface area (Å²) in [6.07, 6.45) is -0.859. The van der Waals surface area contributed by atoms with Crippen LogP contribution < -0.4 is 5.32 Å². The number of rotatable bonds is 5. The lowest BCUT2D eigenvalue weighted by Crippen LogP contribution is -2.15. The van der Waals surface area contributed by atoms with E-state index in [1.807, 2.05) is 0 Å². The van der Waals surface area contributed by atoms with Crippen molar-refractivity contribution in [2.45, 2.75) is 13.0 Å². The Morgan fingerprint density at radius 1 is 1.29 bits per heavy atom. The maximum atomic E-state index is 13.7. The quantitative estimate of drug-likeness (QED) is 0.825. The number of anilines is 1. The first-order chi connectivity index (χ1) is 10.0. The molecule has 0 amide bonds. The topological polar surface area (TPSA) is 49.3 Å². The fourth-order valence-electron chi connectivity index (χ4n) is 2.09. The van der Waals surface area contributed by atoms with Crippen LogP contribution in [0, 0.1) is 5.82 Å². The molecule has 2 rings (SSSR count). The molecule has 110 valence electrons. The summed E-state index contributed by atoms with van der Waals surface area (Å²) in [5.41, 5.74) is 0.921. The van der Waals surface area contributed by atoms with Gasteiger partial charge in [0.1, 0.15) is 5.82 Å². The highest BCUT2D eigenvalue weighted by Crippen LogP contribution is 2.24. The third-order valence-electron chi connectivity index (χ3n) is 3.12. The molecular weight excluding hydrogens is 293 g/mol. The van der Waals surface area contributed by atoms with Gasteiger partial charge in [-0.3, -0.25) is 4.79 Å². The number of hydrogen-bond acceptors (Lipinski definition) is 3. The van der Waals surface area contributed by atoms with Crippen LogP contribution >= 0.6 is 11.6 Å². The van der Waals surface area contributed by atoms with Crippen LogP contribution in [0.25, 0.3) is 0 Å². The van der Waals surface area contributed by atoms with E-state index in [-0.39, 0.29) is 17.9 Å². The van der Waals surface area contributed by atoms with Gasteiger partial charge in [0, 0.05) is 22.8 Å². The summed E-state index contributed by atoms with van der Waals surface area (Å²) in [5.74, 6) is -0.956. The van der Waals surface area contributed by atoms with Crippen molar-refractivity contribution in [2.24, 2.45) is 0 Å². The summed E-state index contributed by atoms with van der Waals surface area (Å²) in [6, 6.07) is 11.3. The number of nitrogens with one attached hydrogen (secondary N) is 1. The standard InChI is InChI=1S/C16H15ClFNO2/c1-10(20)16-13(18)7-4-8-14(16)19-9-15(21)11-5-2-3-6-12(11)17/h2-8,15,19,21H,9H2,1H3. The number of ketones is 1. The van der Waals surface area contributed by atoms with Crippen LogP contribution in [0.1, 0.15) is 28.9 Å². The summed E-state index contributed by atoms with van der Waals surface area (Å²) in [6.45, 7) is 1.42. The van der Waals surface area contributed by atoms with E-state index in [1.165, 1.54) is 19.1 Å². The SMILES string of the molecule is CC(=O)c1c(F)cccc1NCC(O)c1ccccc1Cl. The van der Waals surface area contributed by atoms with Crippen LogP contribution in [0.3, 0.4) is 0 Å². The van der Waals surface area contributed by atoms with E-state index in [0.29, 0.717) is 16.3 Å². The largest absolute Gasteiger partial charge is 0.387 e. The molecular formula is C16H15ClFNO2. The Morgan fingerprint density at radius 2 is 2.00 bits per heavy atom. The monoisotopic (exact) mass is 307 g/mol. The van der Waals surface area contributed by atoms with E-state index in [4.69, 9.17) is 11.6 Å². The molecule has 0 saturated carbocycles. The van der Waals surface area contributed by atoms with Crippen molar-refractivity contribution in [3.8, 4) is 0 Å². The molecule has 3 nitrogen and oxygen atoms in total. The van der Waals surface area contributed by atoms with Crippen molar-refractivity contribution in [3.05, 3.63) is 64.4 Å². The average Bonchev–Trinajstić information content (AvgIpc) is 2.44. The maximum absolute atomic E-state index is 13.7. The molecule has 0 aliphatic heterocycles. The van der Waals surface area contributed by atoms with Crippen LogP contribution in [-0.4, -0.2) is 17.4 Å². The first-order valence-electron chi connectivity index (χ1n) is 6.46. The minimum Gasteiger partial charge on any atom is -0.387 e. The molecule has 0 heterocycles. The van der Waals surface area contributed by atoms with E-state index in [1.54, 1.807) is 30.3 Å². The zero-order valence-corrected chi connectivity index (χ0v) is 12.2.